The van der Waals surface area contributed by atoms with E-state index in [1.54, 1.807) is 0 Å². The lowest BCUT2D eigenvalue weighted by Crippen LogP contribution is -2.60. The molecule has 2 aliphatic rings. The average molecular weight is 450 g/mol. The van der Waals surface area contributed by atoms with E-state index in [-0.39, 0.29) is 22.8 Å². The van der Waals surface area contributed by atoms with E-state index in [0.29, 0.717) is 5.56 Å². The van der Waals surface area contributed by atoms with Gasteiger partial charge in [0.1, 0.15) is 53.0 Å². The molecular formula is C21H22O11. The highest BCUT2D eigenvalue weighted by molar-refractivity contribution is 6.05. The number of hydrogen-bond acceptors (Lipinski definition) is 11. The largest absolute Gasteiger partial charge is 0.508 e. The monoisotopic (exact) mass is 450 g/mol. The Bertz CT molecular complexity index is 990. The minimum atomic E-state index is -1.68. The van der Waals surface area contributed by atoms with E-state index in [9.17, 15) is 40.5 Å². The van der Waals surface area contributed by atoms with Crippen LogP contribution in [0.2, 0.25) is 0 Å². The number of hydrogen-bond donors (Lipinski definition) is 7. The molecule has 2 heterocycles. The van der Waals surface area contributed by atoms with Crippen molar-refractivity contribution in [2.45, 2.75) is 42.9 Å². The van der Waals surface area contributed by atoms with E-state index in [4.69, 9.17) is 14.2 Å². The highest BCUT2D eigenvalue weighted by Gasteiger charge is 2.45. The molecule has 0 amide bonds. The number of aliphatic hydroxyl groups excluding tert-OH is 5. The first-order chi connectivity index (χ1) is 15.2. The van der Waals surface area contributed by atoms with Crippen LogP contribution in [0.5, 0.6) is 23.0 Å². The first-order valence-electron chi connectivity index (χ1n) is 9.73. The Labute approximate surface area is 181 Å². The van der Waals surface area contributed by atoms with E-state index in [2.05, 4.69) is 0 Å². The lowest BCUT2D eigenvalue weighted by atomic mass is 9.93. The minimum absolute atomic E-state index is 0.0152. The number of Topliss-reactive ketones (excluding diaryl/α,β-unsaturated/α-hetero) is 1. The van der Waals surface area contributed by atoms with Crippen molar-refractivity contribution in [3.8, 4) is 23.0 Å². The molecule has 2 aromatic rings. The van der Waals surface area contributed by atoms with Gasteiger partial charge in [0.15, 0.2) is 12.2 Å². The van der Waals surface area contributed by atoms with Gasteiger partial charge in [-0.2, -0.15) is 0 Å². The Kier molecular flexibility index (Phi) is 5.95. The molecule has 0 aromatic heterocycles. The van der Waals surface area contributed by atoms with Gasteiger partial charge in [-0.05, 0) is 17.7 Å². The first kappa shape index (κ1) is 22.3. The molecule has 0 unspecified atom stereocenters. The van der Waals surface area contributed by atoms with Gasteiger partial charge < -0.3 is 50.0 Å². The van der Waals surface area contributed by atoms with Crippen molar-refractivity contribution in [1.82, 2.24) is 0 Å². The van der Waals surface area contributed by atoms with Gasteiger partial charge in [0, 0.05) is 12.1 Å². The number of aliphatic hydroxyl groups is 5. The molecule has 4 rings (SSSR count). The fraction of sp³-hybridized carbons (Fsp3) is 0.381. The highest BCUT2D eigenvalue weighted by atomic mass is 16.7. The summed E-state index contributed by atoms with van der Waals surface area (Å²) in [6, 6.07) is 7.93. The van der Waals surface area contributed by atoms with E-state index >= 15 is 0 Å². The topological polar surface area (TPSA) is 186 Å². The highest BCUT2D eigenvalue weighted by Crippen LogP contribution is 2.42. The second kappa shape index (κ2) is 8.54. The van der Waals surface area contributed by atoms with E-state index in [1.165, 1.54) is 30.3 Å². The predicted octanol–water partition coefficient (Wildman–Crippen LogP) is -1.05. The Balaban J connectivity index is 1.63. The molecule has 2 aromatic carbocycles. The molecule has 172 valence electrons. The third kappa shape index (κ3) is 3.86. The van der Waals surface area contributed by atoms with Crippen LogP contribution in [0.1, 0.15) is 22.0 Å². The number of carbonyl (C=O) groups excluding carboxylic acids is 1. The number of ketones is 1. The van der Waals surface area contributed by atoms with Crippen LogP contribution >= 0.6 is 0 Å². The number of carbonyl (C=O) groups is 1. The number of rotatable bonds is 4. The second-order valence-electron chi connectivity index (χ2n) is 7.57. The van der Waals surface area contributed by atoms with Gasteiger partial charge in [-0.3, -0.25) is 4.79 Å². The fourth-order valence-electron chi connectivity index (χ4n) is 3.68. The molecule has 7 atom stereocenters. The molecule has 7 N–H and O–H groups in total. The van der Waals surface area contributed by atoms with E-state index in [0.717, 1.165) is 6.07 Å². The Morgan fingerprint density at radius 2 is 1.62 bits per heavy atom. The van der Waals surface area contributed by atoms with Crippen LogP contribution in [0.25, 0.3) is 0 Å². The summed E-state index contributed by atoms with van der Waals surface area (Å²) in [5, 5.41) is 69.4. The molecular weight excluding hydrogens is 428 g/mol. The minimum Gasteiger partial charge on any atom is -0.508 e. The number of phenolic OH excluding ortho intramolecular Hbond substituents is 2. The zero-order chi connectivity index (χ0) is 23.2. The second-order valence-corrected chi connectivity index (χ2v) is 7.57. The van der Waals surface area contributed by atoms with Crippen molar-refractivity contribution in [2.24, 2.45) is 0 Å². The lowest BCUT2D eigenvalue weighted by molar-refractivity contribution is -0.277. The summed E-state index contributed by atoms with van der Waals surface area (Å²) in [5.41, 5.74) is 0.128. The maximum absolute atomic E-state index is 12.7. The van der Waals surface area contributed by atoms with Crippen LogP contribution in [0.15, 0.2) is 36.4 Å². The predicted molar refractivity (Wildman–Crippen MR) is 104 cm³/mol. The van der Waals surface area contributed by atoms with E-state index < -0.39 is 61.1 Å². The molecule has 1 fully saturated rings. The number of phenols is 2. The van der Waals surface area contributed by atoms with Gasteiger partial charge in [-0.25, -0.2) is 0 Å². The summed E-state index contributed by atoms with van der Waals surface area (Å²) in [7, 11) is 0. The number of ether oxygens (including phenoxy) is 3. The molecule has 0 spiro atoms. The normalized spacial score (nSPS) is 32.2. The molecule has 2 aliphatic heterocycles. The van der Waals surface area contributed by atoms with Crippen LogP contribution in [0.4, 0.5) is 0 Å². The summed E-state index contributed by atoms with van der Waals surface area (Å²) in [6.45, 7) is -0.649. The van der Waals surface area contributed by atoms with Gasteiger partial charge in [0.25, 0.3) is 0 Å². The third-order valence-electron chi connectivity index (χ3n) is 5.43. The van der Waals surface area contributed by atoms with Gasteiger partial charge in [0.05, 0.1) is 6.61 Å². The lowest BCUT2D eigenvalue weighted by Gasteiger charge is -2.39. The maximum Gasteiger partial charge on any atom is 0.229 e. The molecule has 32 heavy (non-hydrogen) atoms. The van der Waals surface area contributed by atoms with E-state index in [1.807, 2.05) is 0 Å². The molecule has 0 saturated carbocycles. The quantitative estimate of drug-likeness (QED) is 0.301. The van der Waals surface area contributed by atoms with Crippen LogP contribution in [-0.2, 0) is 4.74 Å². The summed E-state index contributed by atoms with van der Waals surface area (Å²) < 4.78 is 16.5. The van der Waals surface area contributed by atoms with Gasteiger partial charge in [0.2, 0.25) is 12.1 Å². The standard InChI is InChI=1S/C21H22O11/c22-7-13-15(25)17(27)19(29)21(32-13)30-10-5-11(24)14-12(6-10)31-20(18(28)16(14)26)8-1-3-9(23)4-2-8/h1-6,13,15,17-25,27-29H,7H2/t13-,15-,17+,18+,19-,20-,21-/m0/s1. The summed E-state index contributed by atoms with van der Waals surface area (Å²) >= 11 is 0. The van der Waals surface area contributed by atoms with Crippen LogP contribution in [0, 0.1) is 0 Å². The van der Waals surface area contributed by atoms with Gasteiger partial charge in [-0.1, -0.05) is 12.1 Å². The molecule has 0 aliphatic carbocycles. The van der Waals surface area contributed by atoms with Crippen LogP contribution in [-0.4, -0.2) is 84.9 Å². The van der Waals surface area contributed by atoms with Crippen molar-refractivity contribution in [2.75, 3.05) is 6.61 Å². The molecule has 1 saturated heterocycles. The Morgan fingerprint density at radius 3 is 2.28 bits per heavy atom. The smallest absolute Gasteiger partial charge is 0.229 e. The van der Waals surface area contributed by atoms with Crippen molar-refractivity contribution in [3.63, 3.8) is 0 Å². The third-order valence-corrected chi connectivity index (χ3v) is 5.43. The number of benzene rings is 2. The summed E-state index contributed by atoms with van der Waals surface area (Å²) in [4.78, 5) is 12.7. The number of aromatic hydroxyl groups is 2. The Morgan fingerprint density at radius 1 is 0.938 bits per heavy atom. The number of fused-ring (bicyclic) bond motifs is 1. The maximum atomic E-state index is 12.7. The van der Waals surface area contributed by atoms with Crippen LogP contribution < -0.4 is 9.47 Å². The summed E-state index contributed by atoms with van der Waals surface area (Å²) in [5.74, 6) is -1.59. The van der Waals surface area contributed by atoms with Crippen molar-refractivity contribution < 1.29 is 54.8 Å². The Hall–Kier alpha value is -2.93. The molecule has 11 nitrogen and oxygen atoms in total. The SMILES string of the molecule is O=C1c2c(O)cc(O[C@H]3O[C@@H](CO)[C@H](O)[C@@H](O)[C@@H]3O)cc2O[C@@H](c2ccc(O)cc2)[C@@H]1O. The zero-order valence-corrected chi connectivity index (χ0v) is 16.5. The van der Waals surface area contributed by atoms with Crippen molar-refractivity contribution in [3.05, 3.63) is 47.5 Å². The van der Waals surface area contributed by atoms with Crippen molar-refractivity contribution >= 4 is 5.78 Å². The molecule has 11 heteroatoms. The summed E-state index contributed by atoms with van der Waals surface area (Å²) in [6.07, 6.45) is -10.4. The van der Waals surface area contributed by atoms with Gasteiger partial charge in [-0.15, -0.1) is 0 Å². The van der Waals surface area contributed by atoms with Crippen LogP contribution in [0.3, 0.4) is 0 Å². The fourth-order valence-corrected chi connectivity index (χ4v) is 3.68. The average Bonchev–Trinajstić information content (AvgIpc) is 2.77. The molecule has 0 bridgehead atoms. The van der Waals surface area contributed by atoms with Gasteiger partial charge >= 0.3 is 0 Å². The van der Waals surface area contributed by atoms with Crippen molar-refractivity contribution in [1.29, 1.82) is 0 Å². The zero-order valence-electron chi connectivity index (χ0n) is 16.5. The molecule has 0 radical (unpaired) electrons. The first-order valence-corrected chi connectivity index (χ1v) is 9.73.